The number of thiazole rings is 1. The highest BCUT2D eigenvalue weighted by Gasteiger charge is 2.39. The summed E-state index contributed by atoms with van der Waals surface area (Å²) in [5, 5.41) is 0.739. The first kappa shape index (κ1) is 11.0. The van der Waals surface area contributed by atoms with E-state index < -0.39 is 0 Å². The minimum Gasteiger partial charge on any atom is -0.385 e. The number of hydrogen-bond acceptors (Lipinski definition) is 4. The van der Waals surface area contributed by atoms with Crippen molar-refractivity contribution >= 4 is 34.8 Å². The highest BCUT2D eigenvalue weighted by atomic mass is 35.5. The molecule has 0 saturated heterocycles. The van der Waals surface area contributed by atoms with Crippen LogP contribution in [-0.4, -0.2) is 28.3 Å². The van der Waals surface area contributed by atoms with Crippen molar-refractivity contribution < 1.29 is 4.79 Å². The summed E-state index contributed by atoms with van der Waals surface area (Å²) in [6.45, 7) is 0.713. The van der Waals surface area contributed by atoms with Gasteiger partial charge in [-0.3, -0.25) is 0 Å². The van der Waals surface area contributed by atoms with E-state index in [1.807, 2.05) is 0 Å². The van der Waals surface area contributed by atoms with Crippen LogP contribution in [0.3, 0.4) is 0 Å². The van der Waals surface area contributed by atoms with E-state index in [1.165, 1.54) is 24.2 Å². The van der Waals surface area contributed by atoms with Crippen LogP contribution in [0.1, 0.15) is 23.9 Å². The fourth-order valence-electron chi connectivity index (χ4n) is 1.92. The number of nitrogens with two attached hydrogens (primary N) is 1. The van der Waals surface area contributed by atoms with E-state index in [0.717, 1.165) is 5.01 Å². The molecule has 1 aliphatic heterocycles. The van der Waals surface area contributed by atoms with Crippen molar-refractivity contribution in [3.05, 3.63) is 15.5 Å². The number of nitrogens with zero attached hydrogens (tertiary/aromatic N) is 3. The van der Waals surface area contributed by atoms with E-state index in [2.05, 4.69) is 9.98 Å². The van der Waals surface area contributed by atoms with Crippen LogP contribution < -0.4 is 5.73 Å². The Morgan fingerprint density at radius 1 is 1.59 bits per heavy atom. The number of hydrogen-bond donors (Lipinski definition) is 1. The van der Waals surface area contributed by atoms with Crippen LogP contribution in [0.5, 0.6) is 0 Å². The van der Waals surface area contributed by atoms with Gasteiger partial charge >= 0.3 is 6.03 Å². The molecular weight excluding hydrogens is 260 g/mol. The van der Waals surface area contributed by atoms with E-state index >= 15 is 0 Å². The van der Waals surface area contributed by atoms with Gasteiger partial charge in [0, 0.05) is 6.54 Å². The van der Waals surface area contributed by atoms with E-state index in [1.54, 1.807) is 11.1 Å². The molecule has 1 aliphatic carbocycles. The van der Waals surface area contributed by atoms with Crippen LogP contribution in [0, 0.1) is 5.92 Å². The summed E-state index contributed by atoms with van der Waals surface area (Å²) in [6, 6.07) is -0.577. The third-order valence-electron chi connectivity index (χ3n) is 2.94. The molecule has 3 rings (SSSR count). The summed E-state index contributed by atoms with van der Waals surface area (Å²) in [7, 11) is 0. The zero-order valence-electron chi connectivity index (χ0n) is 8.97. The van der Waals surface area contributed by atoms with Gasteiger partial charge in [0.25, 0.3) is 0 Å². The minimum absolute atomic E-state index is 0.259. The van der Waals surface area contributed by atoms with Crippen molar-refractivity contribution in [3.63, 3.8) is 0 Å². The van der Waals surface area contributed by atoms with E-state index in [4.69, 9.17) is 17.3 Å². The number of amides is 2. The molecule has 1 aromatic heterocycles. The molecule has 2 heterocycles. The summed E-state index contributed by atoms with van der Waals surface area (Å²) < 4.78 is 0.596. The Kier molecular flexibility index (Phi) is 2.56. The first-order valence-electron chi connectivity index (χ1n) is 5.41. The second-order valence-corrected chi connectivity index (χ2v) is 6.01. The Hall–Kier alpha value is -1.14. The SMILES string of the molecule is NC1=NC(=O)N(CC2CC2)C1c1ncc(Cl)s1. The number of aliphatic imine (C=N–C) groups is 1. The first-order chi connectivity index (χ1) is 8.15. The average molecular weight is 271 g/mol. The van der Waals surface area contributed by atoms with E-state index in [0.29, 0.717) is 22.6 Å². The molecule has 7 heteroatoms. The quantitative estimate of drug-likeness (QED) is 0.914. The Labute approximate surface area is 107 Å². The number of carbonyl (C=O) groups excluding carboxylic acids is 1. The number of rotatable bonds is 3. The molecule has 1 saturated carbocycles. The Morgan fingerprint density at radius 3 is 2.94 bits per heavy atom. The second kappa shape index (κ2) is 3.96. The number of amidine groups is 1. The molecule has 1 atom stereocenters. The predicted octanol–water partition coefficient (Wildman–Crippen LogP) is 2.04. The van der Waals surface area contributed by atoms with Gasteiger partial charge < -0.3 is 10.6 Å². The van der Waals surface area contributed by atoms with E-state index in [-0.39, 0.29) is 12.1 Å². The molecule has 0 spiro atoms. The van der Waals surface area contributed by atoms with Crippen LogP contribution in [0.25, 0.3) is 0 Å². The van der Waals surface area contributed by atoms with Crippen molar-refractivity contribution in [3.8, 4) is 0 Å². The minimum atomic E-state index is -0.319. The fourth-order valence-corrected chi connectivity index (χ4v) is 2.98. The van der Waals surface area contributed by atoms with Crippen molar-refractivity contribution in [2.24, 2.45) is 16.6 Å². The zero-order valence-corrected chi connectivity index (χ0v) is 10.5. The molecule has 0 aromatic carbocycles. The van der Waals surface area contributed by atoms with Gasteiger partial charge in [0.1, 0.15) is 21.2 Å². The molecule has 0 radical (unpaired) electrons. The molecule has 1 unspecified atom stereocenters. The molecule has 5 nitrogen and oxygen atoms in total. The van der Waals surface area contributed by atoms with Crippen LogP contribution in [0.15, 0.2) is 11.2 Å². The zero-order chi connectivity index (χ0) is 12.0. The lowest BCUT2D eigenvalue weighted by molar-refractivity contribution is 0.203. The van der Waals surface area contributed by atoms with Crippen LogP contribution in [0.2, 0.25) is 4.34 Å². The highest BCUT2D eigenvalue weighted by Crippen LogP contribution is 2.36. The summed E-state index contributed by atoms with van der Waals surface area (Å²) in [6.07, 6.45) is 3.93. The van der Waals surface area contributed by atoms with Crippen molar-refractivity contribution in [2.75, 3.05) is 6.54 Å². The third-order valence-corrected chi connectivity index (χ3v) is 4.11. The van der Waals surface area contributed by atoms with Gasteiger partial charge in [-0.15, -0.1) is 11.3 Å². The molecule has 0 bridgehead atoms. The third kappa shape index (κ3) is 2.02. The normalized spacial score (nSPS) is 24.3. The van der Waals surface area contributed by atoms with Crippen molar-refractivity contribution in [2.45, 2.75) is 18.9 Å². The van der Waals surface area contributed by atoms with Gasteiger partial charge in [-0.05, 0) is 18.8 Å². The summed E-state index contributed by atoms with van der Waals surface area (Å²) in [5.74, 6) is 0.916. The van der Waals surface area contributed by atoms with Gasteiger partial charge in [0.15, 0.2) is 0 Å². The van der Waals surface area contributed by atoms with Gasteiger partial charge in [-0.2, -0.15) is 4.99 Å². The first-order valence-corrected chi connectivity index (χ1v) is 6.60. The largest absolute Gasteiger partial charge is 0.385 e. The maximum atomic E-state index is 11.7. The molecule has 2 amide bonds. The number of carbonyl (C=O) groups is 1. The summed E-state index contributed by atoms with van der Waals surface area (Å²) >= 11 is 7.20. The number of urea groups is 1. The lowest BCUT2D eigenvalue weighted by Crippen LogP contribution is -2.34. The lowest BCUT2D eigenvalue weighted by Gasteiger charge is -2.22. The van der Waals surface area contributed by atoms with Gasteiger partial charge in [0.05, 0.1) is 6.20 Å². The van der Waals surface area contributed by atoms with Crippen molar-refractivity contribution in [1.29, 1.82) is 0 Å². The molecule has 17 heavy (non-hydrogen) atoms. The number of aromatic nitrogens is 1. The average Bonchev–Trinajstić information content (AvgIpc) is 2.92. The molecule has 90 valence electrons. The van der Waals surface area contributed by atoms with Crippen LogP contribution in [-0.2, 0) is 0 Å². The Morgan fingerprint density at radius 2 is 2.35 bits per heavy atom. The van der Waals surface area contributed by atoms with Gasteiger partial charge in [0.2, 0.25) is 0 Å². The highest BCUT2D eigenvalue weighted by molar-refractivity contribution is 7.16. The maximum Gasteiger partial charge on any atom is 0.346 e. The fraction of sp³-hybridized carbons (Fsp3) is 0.500. The number of halogens is 1. The van der Waals surface area contributed by atoms with Crippen molar-refractivity contribution in [1.82, 2.24) is 9.88 Å². The lowest BCUT2D eigenvalue weighted by atomic mass is 10.2. The van der Waals surface area contributed by atoms with Gasteiger partial charge in [-0.25, -0.2) is 9.78 Å². The molecule has 1 aromatic rings. The second-order valence-electron chi connectivity index (χ2n) is 4.32. The molecule has 1 fully saturated rings. The Balaban J connectivity index is 1.88. The monoisotopic (exact) mass is 270 g/mol. The molecule has 2 aliphatic rings. The van der Waals surface area contributed by atoms with Gasteiger partial charge in [-0.1, -0.05) is 11.6 Å². The van der Waals surface area contributed by atoms with Crippen LogP contribution >= 0.6 is 22.9 Å². The predicted molar refractivity (Wildman–Crippen MR) is 66.3 cm³/mol. The molecular formula is C10H11ClN4OS. The topological polar surface area (TPSA) is 71.6 Å². The molecule has 2 N–H and O–H groups in total. The van der Waals surface area contributed by atoms with Crippen LogP contribution in [0.4, 0.5) is 4.79 Å². The van der Waals surface area contributed by atoms with E-state index in [9.17, 15) is 4.79 Å². The smallest absolute Gasteiger partial charge is 0.346 e. The standard InChI is InChI=1S/C10H11ClN4OS/c11-6-3-13-9(17-6)7-8(12)14-10(16)15(7)4-5-1-2-5/h3,5,7H,1-2,4H2,(H2,12,14,16). The maximum absolute atomic E-state index is 11.7. The Bertz CT molecular complexity index is 496. The summed E-state index contributed by atoms with van der Waals surface area (Å²) in [4.78, 5) is 21.5. The summed E-state index contributed by atoms with van der Waals surface area (Å²) in [5.41, 5.74) is 5.81.